The van der Waals surface area contributed by atoms with Gasteiger partial charge < -0.3 is 15.8 Å². The second-order valence-corrected chi connectivity index (χ2v) is 7.30. The molecule has 4 nitrogen and oxygen atoms in total. The molecule has 3 N–H and O–H groups in total. The number of fused-ring (bicyclic) bond motifs is 2. The third-order valence-electron chi connectivity index (χ3n) is 5.51. The molecular formula is C19H27FN2O2. The Morgan fingerprint density at radius 3 is 2.67 bits per heavy atom. The second-order valence-electron chi connectivity index (χ2n) is 7.30. The van der Waals surface area contributed by atoms with E-state index in [9.17, 15) is 9.18 Å². The molecule has 1 amide bonds. The van der Waals surface area contributed by atoms with Gasteiger partial charge in [0.05, 0.1) is 6.54 Å². The van der Waals surface area contributed by atoms with Gasteiger partial charge in [-0.3, -0.25) is 4.79 Å². The molecule has 132 valence electrons. The molecule has 2 saturated carbocycles. The normalized spacial score (nSPS) is 30.5. The van der Waals surface area contributed by atoms with Crippen molar-refractivity contribution in [1.29, 1.82) is 0 Å². The van der Waals surface area contributed by atoms with Crippen molar-refractivity contribution in [3.63, 3.8) is 0 Å². The summed E-state index contributed by atoms with van der Waals surface area (Å²) in [5.41, 5.74) is 6.28. The van der Waals surface area contributed by atoms with Gasteiger partial charge in [0, 0.05) is 12.0 Å². The van der Waals surface area contributed by atoms with Gasteiger partial charge in [0.2, 0.25) is 5.91 Å². The minimum absolute atomic E-state index is 0.0563. The van der Waals surface area contributed by atoms with Gasteiger partial charge in [-0.05, 0) is 56.6 Å². The molecule has 0 aromatic heterocycles. The highest BCUT2D eigenvalue weighted by Crippen LogP contribution is 2.41. The fourth-order valence-electron chi connectivity index (χ4n) is 4.19. The summed E-state index contributed by atoms with van der Waals surface area (Å²) in [6, 6.07) is 6.58. The number of nitrogens with two attached hydrogens (primary N) is 1. The Hall–Kier alpha value is -1.62. The summed E-state index contributed by atoms with van der Waals surface area (Å²) in [5.74, 6) is 0.950. The summed E-state index contributed by atoms with van der Waals surface area (Å²) in [7, 11) is 0. The number of nitrogens with one attached hydrogen (secondary N) is 1. The third kappa shape index (κ3) is 3.89. The van der Waals surface area contributed by atoms with Crippen LogP contribution in [-0.4, -0.2) is 24.6 Å². The summed E-state index contributed by atoms with van der Waals surface area (Å²) < 4.78 is 19.1. The van der Waals surface area contributed by atoms with Crippen LogP contribution in [0.25, 0.3) is 0 Å². The quantitative estimate of drug-likeness (QED) is 0.870. The molecule has 2 aliphatic carbocycles. The van der Waals surface area contributed by atoms with E-state index in [0.29, 0.717) is 18.4 Å². The lowest BCUT2D eigenvalue weighted by molar-refractivity contribution is -0.128. The lowest BCUT2D eigenvalue weighted by atomic mass is 9.65. The number of rotatable bonds is 5. The molecule has 2 bridgehead atoms. The molecule has 1 aromatic carbocycles. The highest BCUT2D eigenvalue weighted by molar-refractivity contribution is 5.78. The fourth-order valence-corrected chi connectivity index (χ4v) is 4.19. The zero-order chi connectivity index (χ0) is 17.1. The Balaban J connectivity index is 1.48. The van der Waals surface area contributed by atoms with Crippen molar-refractivity contribution in [2.24, 2.45) is 23.5 Å². The standard InChI is InChI=1S/C19H27FN2O2/c1-12(24-17-8-3-2-7-16(17)20)11-22-19(23)15-9-13-5-4-6-14(10-15)18(13)21/h2-3,7-8,12-15,18H,4-6,9-11,21H2,1H3,(H,22,23). The first-order valence-corrected chi connectivity index (χ1v) is 8.99. The Morgan fingerprint density at radius 1 is 1.33 bits per heavy atom. The maximum absolute atomic E-state index is 13.6. The zero-order valence-electron chi connectivity index (χ0n) is 14.2. The van der Waals surface area contributed by atoms with Gasteiger partial charge in [0.1, 0.15) is 6.10 Å². The minimum Gasteiger partial charge on any atom is -0.486 e. The predicted molar refractivity (Wildman–Crippen MR) is 91.0 cm³/mol. The molecule has 0 heterocycles. The number of halogens is 1. The molecule has 2 fully saturated rings. The lowest BCUT2D eigenvalue weighted by Crippen LogP contribution is -2.49. The van der Waals surface area contributed by atoms with E-state index in [1.165, 1.54) is 12.5 Å². The first-order valence-electron chi connectivity index (χ1n) is 8.99. The zero-order valence-corrected chi connectivity index (χ0v) is 14.2. The van der Waals surface area contributed by atoms with E-state index in [2.05, 4.69) is 5.32 Å². The largest absolute Gasteiger partial charge is 0.486 e. The number of hydrogen-bond acceptors (Lipinski definition) is 3. The molecule has 2 aliphatic rings. The number of amides is 1. The number of carbonyl (C=O) groups is 1. The third-order valence-corrected chi connectivity index (χ3v) is 5.51. The summed E-state index contributed by atoms with van der Waals surface area (Å²) in [5, 5.41) is 2.97. The van der Waals surface area contributed by atoms with Gasteiger partial charge in [-0.15, -0.1) is 0 Å². The first-order chi connectivity index (χ1) is 11.5. The van der Waals surface area contributed by atoms with Crippen LogP contribution in [0.2, 0.25) is 0 Å². The maximum Gasteiger partial charge on any atom is 0.223 e. The van der Waals surface area contributed by atoms with Crippen molar-refractivity contribution in [3.05, 3.63) is 30.1 Å². The summed E-state index contributed by atoms with van der Waals surface area (Å²) in [6.07, 6.45) is 5.04. The summed E-state index contributed by atoms with van der Waals surface area (Å²) in [6.45, 7) is 2.21. The maximum atomic E-state index is 13.6. The Kier molecular flexibility index (Phi) is 5.39. The van der Waals surface area contributed by atoms with Gasteiger partial charge in [-0.1, -0.05) is 18.6 Å². The highest BCUT2D eigenvalue weighted by atomic mass is 19.1. The Bertz CT molecular complexity index is 566. The van der Waals surface area contributed by atoms with E-state index in [4.69, 9.17) is 10.5 Å². The van der Waals surface area contributed by atoms with Crippen LogP contribution in [0.1, 0.15) is 39.0 Å². The first kappa shape index (κ1) is 17.2. The van der Waals surface area contributed by atoms with E-state index >= 15 is 0 Å². The highest BCUT2D eigenvalue weighted by Gasteiger charge is 2.40. The number of para-hydroxylation sites is 1. The molecule has 1 aromatic rings. The van der Waals surface area contributed by atoms with Gasteiger partial charge in [0.15, 0.2) is 11.6 Å². The smallest absolute Gasteiger partial charge is 0.223 e. The molecule has 3 atom stereocenters. The molecule has 0 radical (unpaired) electrons. The van der Waals surface area contributed by atoms with Crippen LogP contribution in [0, 0.1) is 23.6 Å². The van der Waals surface area contributed by atoms with Crippen LogP contribution in [0.15, 0.2) is 24.3 Å². The van der Waals surface area contributed by atoms with Crippen molar-refractivity contribution >= 4 is 5.91 Å². The SMILES string of the molecule is CC(CNC(=O)C1CC2CCCC(C1)C2N)Oc1ccccc1F. The van der Waals surface area contributed by atoms with E-state index in [1.54, 1.807) is 18.2 Å². The van der Waals surface area contributed by atoms with Crippen molar-refractivity contribution in [1.82, 2.24) is 5.32 Å². The Labute approximate surface area is 142 Å². The topological polar surface area (TPSA) is 64.4 Å². The molecule has 5 heteroatoms. The van der Waals surface area contributed by atoms with E-state index in [0.717, 1.165) is 25.7 Å². The van der Waals surface area contributed by atoms with E-state index in [-0.39, 0.29) is 35.5 Å². The molecular weight excluding hydrogens is 307 g/mol. The van der Waals surface area contributed by atoms with Gasteiger partial charge in [0.25, 0.3) is 0 Å². The van der Waals surface area contributed by atoms with E-state index in [1.807, 2.05) is 6.92 Å². The molecule has 3 unspecified atom stereocenters. The average molecular weight is 334 g/mol. The number of benzene rings is 1. The number of ether oxygens (including phenoxy) is 1. The van der Waals surface area contributed by atoms with Crippen LogP contribution < -0.4 is 15.8 Å². The van der Waals surface area contributed by atoms with Crippen molar-refractivity contribution in [3.8, 4) is 5.75 Å². The predicted octanol–water partition coefficient (Wildman–Crippen LogP) is 2.86. The molecule has 0 saturated heterocycles. The van der Waals surface area contributed by atoms with Crippen molar-refractivity contribution in [2.45, 2.75) is 51.2 Å². The molecule has 0 aliphatic heterocycles. The summed E-state index contributed by atoms with van der Waals surface area (Å²) >= 11 is 0. The molecule has 24 heavy (non-hydrogen) atoms. The average Bonchev–Trinajstić information content (AvgIpc) is 2.54. The van der Waals surface area contributed by atoms with Gasteiger partial charge in [-0.25, -0.2) is 4.39 Å². The van der Waals surface area contributed by atoms with Crippen LogP contribution >= 0.6 is 0 Å². The van der Waals surface area contributed by atoms with Gasteiger partial charge >= 0.3 is 0 Å². The fraction of sp³-hybridized carbons (Fsp3) is 0.632. The minimum atomic E-state index is -0.384. The Morgan fingerprint density at radius 2 is 2.00 bits per heavy atom. The molecule has 3 rings (SSSR count). The molecule has 0 spiro atoms. The second kappa shape index (κ2) is 7.51. The van der Waals surface area contributed by atoms with E-state index < -0.39 is 0 Å². The van der Waals surface area contributed by atoms with Crippen LogP contribution in [0.3, 0.4) is 0 Å². The lowest BCUT2D eigenvalue weighted by Gasteiger charge is -2.43. The number of carbonyl (C=O) groups excluding carboxylic acids is 1. The van der Waals surface area contributed by atoms with Crippen LogP contribution in [0.4, 0.5) is 4.39 Å². The monoisotopic (exact) mass is 334 g/mol. The van der Waals surface area contributed by atoms with Crippen molar-refractivity contribution in [2.75, 3.05) is 6.54 Å². The summed E-state index contributed by atoms with van der Waals surface area (Å²) in [4.78, 5) is 12.5. The van der Waals surface area contributed by atoms with Gasteiger partial charge in [-0.2, -0.15) is 0 Å². The van der Waals surface area contributed by atoms with Crippen LogP contribution in [0.5, 0.6) is 5.75 Å². The number of hydrogen-bond donors (Lipinski definition) is 2. The van der Waals surface area contributed by atoms with Crippen LogP contribution in [-0.2, 0) is 4.79 Å². The van der Waals surface area contributed by atoms with Crippen molar-refractivity contribution < 1.29 is 13.9 Å².